The predicted octanol–water partition coefficient (Wildman–Crippen LogP) is 3.82. The molecule has 1 saturated heterocycles. The summed E-state index contributed by atoms with van der Waals surface area (Å²) >= 11 is 0. The van der Waals surface area contributed by atoms with Crippen LogP contribution in [-0.2, 0) is 4.74 Å². The van der Waals surface area contributed by atoms with E-state index in [0.29, 0.717) is 23.5 Å². The smallest absolute Gasteiger partial charge is 0.410 e. The molecule has 0 N–H and O–H groups in total. The number of hydrogen-bond donors (Lipinski definition) is 0. The van der Waals surface area contributed by atoms with Crippen molar-refractivity contribution in [3.8, 4) is 0 Å². The third-order valence-electron chi connectivity index (χ3n) is 4.37. The van der Waals surface area contributed by atoms with Gasteiger partial charge < -0.3 is 9.64 Å². The van der Waals surface area contributed by atoms with Crippen molar-refractivity contribution in [3.05, 3.63) is 0 Å². The fraction of sp³-hybridized carbons (Fsp3) is 0.933. The van der Waals surface area contributed by atoms with Crippen LogP contribution >= 0.6 is 0 Å². The molecule has 1 saturated carbocycles. The van der Waals surface area contributed by atoms with Gasteiger partial charge in [0.25, 0.3) is 0 Å². The number of rotatable bonds is 3. The quantitative estimate of drug-likeness (QED) is 0.715. The summed E-state index contributed by atoms with van der Waals surface area (Å²) in [6.45, 7) is 10.5. The molecule has 0 aromatic rings. The van der Waals surface area contributed by atoms with Crippen LogP contribution in [0.2, 0.25) is 0 Å². The van der Waals surface area contributed by atoms with E-state index in [-0.39, 0.29) is 6.09 Å². The number of fused-ring (bicyclic) bond motifs is 2. The molecule has 2 fully saturated rings. The Kier molecular flexibility index (Phi) is 3.61. The van der Waals surface area contributed by atoms with Crippen molar-refractivity contribution in [1.82, 2.24) is 4.90 Å². The highest BCUT2D eigenvalue weighted by molar-refractivity contribution is 5.68. The lowest BCUT2D eigenvalue weighted by atomic mass is 9.65. The number of ether oxygens (including phenoxy) is 1. The van der Waals surface area contributed by atoms with E-state index in [1.807, 2.05) is 4.90 Å². The highest BCUT2D eigenvalue weighted by Crippen LogP contribution is 2.52. The Balaban J connectivity index is 1.98. The van der Waals surface area contributed by atoms with Crippen LogP contribution in [-0.4, -0.2) is 30.2 Å². The molecular formula is C15H27NO2. The van der Waals surface area contributed by atoms with Crippen molar-refractivity contribution in [2.45, 2.75) is 65.8 Å². The van der Waals surface area contributed by atoms with Crippen molar-refractivity contribution < 1.29 is 9.53 Å². The lowest BCUT2D eigenvalue weighted by Gasteiger charge is -2.39. The molecule has 3 nitrogen and oxygen atoms in total. The third kappa shape index (κ3) is 2.81. The maximum atomic E-state index is 12.1. The summed E-state index contributed by atoms with van der Waals surface area (Å²) in [5.74, 6) is 0. The molecule has 0 radical (unpaired) electrons. The molecule has 2 rings (SSSR count). The first-order valence-electron chi connectivity index (χ1n) is 7.29. The Morgan fingerprint density at radius 1 is 1.33 bits per heavy atom. The van der Waals surface area contributed by atoms with E-state index in [4.69, 9.17) is 4.74 Å². The molecule has 1 amide bonds. The monoisotopic (exact) mass is 253 g/mol. The van der Waals surface area contributed by atoms with Crippen LogP contribution in [0.4, 0.5) is 4.79 Å². The Morgan fingerprint density at radius 3 is 2.72 bits per heavy atom. The molecule has 0 aromatic heterocycles. The second kappa shape index (κ2) is 4.75. The molecule has 2 aliphatic rings. The van der Waals surface area contributed by atoms with E-state index >= 15 is 0 Å². The Bertz CT molecular complexity index is 326. The van der Waals surface area contributed by atoms with Crippen molar-refractivity contribution in [3.63, 3.8) is 0 Å². The van der Waals surface area contributed by atoms with Gasteiger partial charge >= 0.3 is 6.09 Å². The van der Waals surface area contributed by atoms with Gasteiger partial charge in [0.1, 0.15) is 0 Å². The average Bonchev–Trinajstić information content (AvgIpc) is 2.48. The van der Waals surface area contributed by atoms with Crippen molar-refractivity contribution in [2.75, 3.05) is 13.2 Å². The minimum absolute atomic E-state index is 0.0881. The molecular weight excluding hydrogens is 226 g/mol. The van der Waals surface area contributed by atoms with E-state index in [0.717, 1.165) is 32.2 Å². The fourth-order valence-electron chi connectivity index (χ4n) is 4.06. The summed E-state index contributed by atoms with van der Waals surface area (Å²) in [5, 5.41) is 0. The average molecular weight is 253 g/mol. The molecule has 0 spiro atoms. The van der Waals surface area contributed by atoms with Crippen molar-refractivity contribution in [2.24, 2.45) is 10.8 Å². The van der Waals surface area contributed by atoms with Crippen LogP contribution in [0, 0.1) is 10.8 Å². The van der Waals surface area contributed by atoms with Gasteiger partial charge in [-0.25, -0.2) is 4.79 Å². The minimum atomic E-state index is -0.0881. The Labute approximate surface area is 111 Å². The zero-order chi connectivity index (χ0) is 13.4. The molecule has 1 aliphatic carbocycles. The molecule has 2 unspecified atom stereocenters. The van der Waals surface area contributed by atoms with Gasteiger partial charge in [-0.2, -0.15) is 0 Å². The highest BCUT2D eigenvalue weighted by atomic mass is 16.6. The van der Waals surface area contributed by atoms with E-state index < -0.39 is 0 Å². The Hall–Kier alpha value is -0.730. The summed E-state index contributed by atoms with van der Waals surface area (Å²) in [6, 6.07) is 0.396. The number of carbonyl (C=O) groups is 1. The fourth-order valence-corrected chi connectivity index (χ4v) is 4.06. The SMILES string of the molecule is CCCCOC(=O)N1CC2(C)CC1CC(C)(C)C2. The number of likely N-dealkylation sites (tertiary alicyclic amines) is 1. The lowest BCUT2D eigenvalue weighted by molar-refractivity contribution is 0.0892. The van der Waals surface area contributed by atoms with Gasteiger partial charge in [-0.05, 0) is 36.5 Å². The molecule has 3 heteroatoms. The maximum Gasteiger partial charge on any atom is 0.410 e. The number of hydrogen-bond acceptors (Lipinski definition) is 2. The molecule has 1 aliphatic heterocycles. The first-order chi connectivity index (χ1) is 8.35. The van der Waals surface area contributed by atoms with Gasteiger partial charge in [0.15, 0.2) is 0 Å². The van der Waals surface area contributed by atoms with Crippen molar-refractivity contribution in [1.29, 1.82) is 0 Å². The standard InChI is InChI=1S/C15H27NO2/c1-5-6-7-18-13(17)16-11-15(4)9-12(16)8-14(2,3)10-15/h12H,5-11H2,1-4H3. The first kappa shape index (κ1) is 13.7. The van der Waals surface area contributed by atoms with Gasteiger partial charge in [0, 0.05) is 12.6 Å². The lowest BCUT2D eigenvalue weighted by Crippen LogP contribution is -2.38. The normalized spacial score (nSPS) is 33.6. The summed E-state index contributed by atoms with van der Waals surface area (Å²) in [4.78, 5) is 14.1. The highest BCUT2D eigenvalue weighted by Gasteiger charge is 2.51. The predicted molar refractivity (Wildman–Crippen MR) is 72.5 cm³/mol. The maximum absolute atomic E-state index is 12.1. The summed E-state index contributed by atoms with van der Waals surface area (Å²) in [6.07, 6.45) is 5.43. The zero-order valence-corrected chi connectivity index (χ0v) is 12.3. The number of amides is 1. The van der Waals surface area contributed by atoms with Gasteiger partial charge in [-0.15, -0.1) is 0 Å². The topological polar surface area (TPSA) is 29.5 Å². The van der Waals surface area contributed by atoms with Gasteiger partial charge in [-0.1, -0.05) is 34.1 Å². The van der Waals surface area contributed by atoms with Gasteiger partial charge in [-0.3, -0.25) is 0 Å². The molecule has 18 heavy (non-hydrogen) atoms. The van der Waals surface area contributed by atoms with E-state index in [1.165, 1.54) is 6.42 Å². The van der Waals surface area contributed by atoms with Crippen molar-refractivity contribution >= 4 is 6.09 Å². The summed E-state index contributed by atoms with van der Waals surface area (Å²) < 4.78 is 5.37. The van der Waals surface area contributed by atoms with Crippen LogP contribution in [0.3, 0.4) is 0 Å². The second-order valence-corrected chi connectivity index (χ2v) is 7.31. The molecule has 2 bridgehead atoms. The van der Waals surface area contributed by atoms with E-state index in [1.54, 1.807) is 0 Å². The molecule has 1 heterocycles. The number of unbranched alkanes of at least 4 members (excludes halogenated alkanes) is 1. The summed E-state index contributed by atoms with van der Waals surface area (Å²) in [5.41, 5.74) is 0.659. The van der Waals surface area contributed by atoms with Crippen LogP contribution in [0.1, 0.15) is 59.8 Å². The second-order valence-electron chi connectivity index (χ2n) is 7.31. The minimum Gasteiger partial charge on any atom is -0.449 e. The molecule has 104 valence electrons. The van der Waals surface area contributed by atoms with Gasteiger partial charge in [0.2, 0.25) is 0 Å². The first-order valence-corrected chi connectivity index (χ1v) is 7.29. The zero-order valence-electron chi connectivity index (χ0n) is 12.3. The van der Waals surface area contributed by atoms with Crippen LogP contribution in [0.15, 0.2) is 0 Å². The van der Waals surface area contributed by atoms with E-state index in [2.05, 4.69) is 27.7 Å². The largest absolute Gasteiger partial charge is 0.449 e. The molecule has 2 atom stereocenters. The third-order valence-corrected chi connectivity index (χ3v) is 4.37. The van der Waals surface area contributed by atoms with Gasteiger partial charge in [0.05, 0.1) is 6.61 Å². The van der Waals surface area contributed by atoms with E-state index in [9.17, 15) is 4.79 Å². The number of nitrogens with zero attached hydrogens (tertiary/aromatic N) is 1. The van der Waals surface area contributed by atoms with Crippen LogP contribution in [0.25, 0.3) is 0 Å². The Morgan fingerprint density at radius 2 is 2.06 bits per heavy atom. The van der Waals surface area contributed by atoms with Crippen LogP contribution in [0.5, 0.6) is 0 Å². The summed E-state index contributed by atoms with van der Waals surface area (Å²) in [7, 11) is 0. The molecule has 0 aromatic carbocycles. The number of carbonyl (C=O) groups excluding carboxylic acids is 1. The van der Waals surface area contributed by atoms with Crippen LogP contribution < -0.4 is 0 Å².